The van der Waals surface area contributed by atoms with Gasteiger partial charge in [-0.25, -0.2) is 4.79 Å². The average molecular weight is 273 g/mol. The lowest BCUT2D eigenvalue weighted by Gasteiger charge is -2.28. The summed E-state index contributed by atoms with van der Waals surface area (Å²) in [7, 11) is 1.61. The number of ether oxygens (including phenoxy) is 2. The third kappa shape index (κ3) is 6.02. The number of unbranched alkanes of at least 4 members (excludes halogenated alkanes) is 1. The van der Waals surface area contributed by atoms with Crippen molar-refractivity contribution in [2.75, 3.05) is 26.9 Å². The first-order valence-electron chi connectivity index (χ1n) is 6.74. The zero-order valence-electron chi connectivity index (χ0n) is 11.4. The van der Waals surface area contributed by atoms with E-state index in [4.69, 9.17) is 9.47 Å². The van der Waals surface area contributed by atoms with Crippen molar-refractivity contribution in [1.82, 2.24) is 5.32 Å². The number of hydrogen-bond acceptors (Lipinski definition) is 4. The van der Waals surface area contributed by atoms with Gasteiger partial charge in [-0.1, -0.05) is 0 Å². The second-order valence-corrected chi connectivity index (χ2v) is 4.81. The van der Waals surface area contributed by atoms with Gasteiger partial charge in [-0.05, 0) is 25.7 Å². The summed E-state index contributed by atoms with van der Waals surface area (Å²) in [6.45, 7) is 1.70. The summed E-state index contributed by atoms with van der Waals surface area (Å²) in [6.07, 6.45) is 3.46. The summed E-state index contributed by atoms with van der Waals surface area (Å²) >= 11 is 0. The maximum Gasteiger partial charge on any atom is 0.326 e. The van der Waals surface area contributed by atoms with E-state index in [9.17, 15) is 14.7 Å². The van der Waals surface area contributed by atoms with Gasteiger partial charge >= 0.3 is 5.97 Å². The van der Waals surface area contributed by atoms with E-state index in [-0.39, 0.29) is 11.8 Å². The molecule has 1 rings (SSSR count). The van der Waals surface area contributed by atoms with Crippen LogP contribution in [0.4, 0.5) is 0 Å². The van der Waals surface area contributed by atoms with Crippen molar-refractivity contribution in [3.05, 3.63) is 0 Å². The summed E-state index contributed by atoms with van der Waals surface area (Å²) in [4.78, 5) is 22.9. The lowest BCUT2D eigenvalue weighted by molar-refractivity contribution is -0.145. The highest BCUT2D eigenvalue weighted by Gasteiger charge is 2.31. The number of aliphatic carboxylic acids is 1. The van der Waals surface area contributed by atoms with E-state index in [2.05, 4.69) is 5.32 Å². The first-order chi connectivity index (χ1) is 9.15. The number of carbonyl (C=O) groups excluding carboxylic acids is 1. The highest BCUT2D eigenvalue weighted by Crippen LogP contribution is 2.18. The molecule has 0 bridgehead atoms. The molecule has 0 saturated carbocycles. The summed E-state index contributed by atoms with van der Waals surface area (Å²) in [5.74, 6) is -1.33. The fraction of sp³-hybridized carbons (Fsp3) is 0.846. The van der Waals surface area contributed by atoms with Crippen LogP contribution in [-0.2, 0) is 19.1 Å². The maximum atomic E-state index is 11.7. The molecule has 2 N–H and O–H groups in total. The molecule has 0 radical (unpaired) electrons. The van der Waals surface area contributed by atoms with Crippen LogP contribution in [-0.4, -0.2) is 50.0 Å². The van der Waals surface area contributed by atoms with E-state index in [1.165, 1.54) is 0 Å². The maximum absolute atomic E-state index is 11.7. The Morgan fingerprint density at radius 2 is 2.26 bits per heavy atom. The lowest BCUT2D eigenvalue weighted by Crippen LogP contribution is -2.48. The van der Waals surface area contributed by atoms with Gasteiger partial charge in [0.1, 0.15) is 6.04 Å². The molecule has 1 fully saturated rings. The number of amides is 1. The molecule has 2 unspecified atom stereocenters. The molecule has 1 aliphatic heterocycles. The van der Waals surface area contributed by atoms with Gasteiger partial charge in [-0.15, -0.1) is 0 Å². The van der Waals surface area contributed by atoms with Gasteiger partial charge in [0.2, 0.25) is 5.91 Å². The van der Waals surface area contributed by atoms with Gasteiger partial charge in [0.25, 0.3) is 0 Å². The Morgan fingerprint density at radius 3 is 2.84 bits per heavy atom. The second kappa shape index (κ2) is 8.87. The minimum absolute atomic E-state index is 0.130. The van der Waals surface area contributed by atoms with E-state index in [0.717, 1.165) is 19.3 Å². The van der Waals surface area contributed by atoms with Crippen molar-refractivity contribution in [2.45, 2.75) is 38.1 Å². The van der Waals surface area contributed by atoms with Gasteiger partial charge in [-0.2, -0.15) is 0 Å². The molecule has 1 saturated heterocycles. The van der Waals surface area contributed by atoms with Crippen molar-refractivity contribution >= 4 is 11.9 Å². The molecule has 0 spiro atoms. The topological polar surface area (TPSA) is 84.9 Å². The fourth-order valence-electron chi connectivity index (χ4n) is 2.19. The molecule has 6 heteroatoms. The zero-order valence-corrected chi connectivity index (χ0v) is 11.4. The number of carboxylic acids is 1. The van der Waals surface area contributed by atoms with Crippen LogP contribution < -0.4 is 5.32 Å². The van der Waals surface area contributed by atoms with E-state index < -0.39 is 12.0 Å². The van der Waals surface area contributed by atoms with Crippen molar-refractivity contribution < 1.29 is 24.2 Å². The van der Waals surface area contributed by atoms with Crippen LogP contribution in [0.25, 0.3) is 0 Å². The predicted molar refractivity (Wildman–Crippen MR) is 68.8 cm³/mol. The Morgan fingerprint density at radius 1 is 1.47 bits per heavy atom. The summed E-state index contributed by atoms with van der Waals surface area (Å²) in [5.41, 5.74) is 0. The molecular weight excluding hydrogens is 250 g/mol. The first-order valence-corrected chi connectivity index (χ1v) is 6.74. The SMILES string of the molecule is COCCCCC(=O)NC(C(=O)O)C1CCCOC1. The standard InChI is InChI=1S/C13H23NO5/c1-18-7-3-2-6-11(15)14-12(13(16)17)10-5-4-8-19-9-10/h10,12H,2-9H2,1H3,(H,14,15)(H,16,17). The molecular formula is C13H23NO5. The largest absolute Gasteiger partial charge is 0.480 e. The third-order valence-corrected chi connectivity index (χ3v) is 3.25. The summed E-state index contributed by atoms with van der Waals surface area (Å²) in [5, 5.41) is 11.8. The molecule has 0 aromatic heterocycles. The lowest BCUT2D eigenvalue weighted by atomic mass is 9.93. The monoisotopic (exact) mass is 273 g/mol. The van der Waals surface area contributed by atoms with Crippen molar-refractivity contribution in [3.8, 4) is 0 Å². The van der Waals surface area contributed by atoms with E-state index in [1.54, 1.807) is 7.11 Å². The molecule has 1 heterocycles. The van der Waals surface area contributed by atoms with Crippen LogP contribution in [0.2, 0.25) is 0 Å². The number of hydrogen-bond donors (Lipinski definition) is 2. The normalized spacial score (nSPS) is 20.8. The van der Waals surface area contributed by atoms with Crippen molar-refractivity contribution in [3.63, 3.8) is 0 Å². The van der Waals surface area contributed by atoms with Crippen LogP contribution in [0.3, 0.4) is 0 Å². The van der Waals surface area contributed by atoms with Crippen LogP contribution in [0.1, 0.15) is 32.1 Å². The summed E-state index contributed by atoms with van der Waals surface area (Å²) < 4.78 is 10.2. The minimum Gasteiger partial charge on any atom is -0.480 e. The van der Waals surface area contributed by atoms with Gasteiger partial charge in [0, 0.05) is 32.7 Å². The highest BCUT2D eigenvalue weighted by molar-refractivity contribution is 5.83. The van der Waals surface area contributed by atoms with E-state index in [1.807, 2.05) is 0 Å². The molecule has 0 aliphatic carbocycles. The van der Waals surface area contributed by atoms with Gasteiger partial charge in [0.15, 0.2) is 0 Å². The van der Waals surface area contributed by atoms with Crippen LogP contribution in [0, 0.1) is 5.92 Å². The van der Waals surface area contributed by atoms with Gasteiger partial charge in [-0.3, -0.25) is 4.79 Å². The van der Waals surface area contributed by atoms with Crippen molar-refractivity contribution in [1.29, 1.82) is 0 Å². The molecule has 0 aromatic rings. The van der Waals surface area contributed by atoms with Crippen LogP contribution in [0.15, 0.2) is 0 Å². The predicted octanol–water partition coefficient (Wildman–Crippen LogP) is 0.799. The fourth-order valence-corrected chi connectivity index (χ4v) is 2.19. The van der Waals surface area contributed by atoms with E-state index >= 15 is 0 Å². The molecule has 0 aromatic carbocycles. The molecule has 19 heavy (non-hydrogen) atoms. The molecule has 110 valence electrons. The summed E-state index contributed by atoms with van der Waals surface area (Å²) in [6, 6.07) is -0.838. The second-order valence-electron chi connectivity index (χ2n) is 4.81. The Bertz CT molecular complexity index is 289. The quantitative estimate of drug-likeness (QED) is 0.639. The average Bonchev–Trinajstić information content (AvgIpc) is 2.41. The molecule has 2 atom stereocenters. The minimum atomic E-state index is -0.985. The third-order valence-electron chi connectivity index (χ3n) is 3.25. The van der Waals surface area contributed by atoms with Crippen molar-refractivity contribution in [2.24, 2.45) is 5.92 Å². The number of carboxylic acid groups (broad SMARTS) is 1. The van der Waals surface area contributed by atoms with Crippen LogP contribution >= 0.6 is 0 Å². The Kier molecular flexibility index (Phi) is 7.43. The molecule has 1 amide bonds. The number of methoxy groups -OCH3 is 1. The number of nitrogens with one attached hydrogen (secondary N) is 1. The Balaban J connectivity index is 2.35. The number of carbonyl (C=O) groups is 2. The first kappa shape index (κ1) is 15.9. The van der Waals surface area contributed by atoms with Crippen LogP contribution in [0.5, 0.6) is 0 Å². The Labute approximate surface area is 113 Å². The van der Waals surface area contributed by atoms with Gasteiger partial charge in [0.05, 0.1) is 6.61 Å². The van der Waals surface area contributed by atoms with E-state index in [0.29, 0.717) is 32.7 Å². The Hall–Kier alpha value is -1.14. The van der Waals surface area contributed by atoms with Gasteiger partial charge < -0.3 is 19.9 Å². The smallest absolute Gasteiger partial charge is 0.326 e. The highest BCUT2D eigenvalue weighted by atomic mass is 16.5. The molecule has 1 aliphatic rings. The molecule has 6 nitrogen and oxygen atoms in total. The zero-order chi connectivity index (χ0) is 14.1. The number of rotatable bonds is 8.